The second-order valence-electron chi connectivity index (χ2n) is 4.69. The summed E-state index contributed by atoms with van der Waals surface area (Å²) in [5.74, 6) is -0.334. The molecule has 1 aliphatic heterocycles. The van der Waals surface area contributed by atoms with Gasteiger partial charge in [0, 0.05) is 35.9 Å². The fourth-order valence-corrected chi connectivity index (χ4v) is 2.39. The number of carboxylic acid groups (broad SMARTS) is 1. The Bertz CT molecular complexity index is 780. The van der Waals surface area contributed by atoms with Gasteiger partial charge in [0.25, 0.3) is 0 Å². The standard InChI is InChI=1S/C13H12N4O4/c14-9-5-7(16-4-2-11(18)15-12(16)19)6-10-8(9)1-3-17(10)13(20)21/h1,3,5-6H,2,4,14H2,(H,20,21)(H,15,18,19). The second kappa shape index (κ2) is 4.51. The molecule has 1 saturated heterocycles. The topological polar surface area (TPSA) is 118 Å². The van der Waals surface area contributed by atoms with Crippen LogP contribution in [0.1, 0.15) is 6.42 Å². The minimum absolute atomic E-state index is 0.184. The van der Waals surface area contributed by atoms with Crippen LogP contribution in [0.4, 0.5) is 21.0 Å². The number of amides is 3. The van der Waals surface area contributed by atoms with E-state index in [1.165, 1.54) is 11.1 Å². The number of nitrogens with one attached hydrogen (secondary N) is 1. The van der Waals surface area contributed by atoms with Gasteiger partial charge in [0.2, 0.25) is 5.91 Å². The fraction of sp³-hybridized carbons (Fsp3) is 0.154. The first-order chi connectivity index (χ1) is 9.97. The van der Waals surface area contributed by atoms with Gasteiger partial charge in [-0.1, -0.05) is 0 Å². The Morgan fingerprint density at radius 2 is 2.10 bits per heavy atom. The van der Waals surface area contributed by atoms with Crippen LogP contribution in [0.25, 0.3) is 10.9 Å². The third-order valence-electron chi connectivity index (χ3n) is 3.40. The Balaban J connectivity index is 2.11. The van der Waals surface area contributed by atoms with Gasteiger partial charge in [0.1, 0.15) is 0 Å². The number of nitrogens with two attached hydrogens (primary N) is 1. The van der Waals surface area contributed by atoms with Crippen LogP contribution in [0.3, 0.4) is 0 Å². The van der Waals surface area contributed by atoms with Gasteiger partial charge in [0.15, 0.2) is 0 Å². The van der Waals surface area contributed by atoms with E-state index in [1.807, 2.05) is 0 Å². The van der Waals surface area contributed by atoms with Gasteiger partial charge in [-0.05, 0) is 18.2 Å². The van der Waals surface area contributed by atoms with Crippen LogP contribution in [0.5, 0.6) is 0 Å². The molecule has 3 amide bonds. The van der Waals surface area contributed by atoms with E-state index in [4.69, 9.17) is 10.8 Å². The number of hydrogen-bond donors (Lipinski definition) is 3. The molecule has 0 unspecified atom stereocenters. The molecule has 1 aliphatic rings. The first-order valence-electron chi connectivity index (χ1n) is 6.22. The van der Waals surface area contributed by atoms with Gasteiger partial charge < -0.3 is 10.8 Å². The lowest BCUT2D eigenvalue weighted by molar-refractivity contribution is -0.120. The zero-order chi connectivity index (χ0) is 15.1. The van der Waals surface area contributed by atoms with E-state index in [1.54, 1.807) is 18.2 Å². The van der Waals surface area contributed by atoms with Gasteiger partial charge in [0.05, 0.1) is 5.52 Å². The fourth-order valence-electron chi connectivity index (χ4n) is 2.39. The first kappa shape index (κ1) is 13.0. The summed E-state index contributed by atoms with van der Waals surface area (Å²) in [7, 11) is 0. The molecule has 0 aliphatic carbocycles. The second-order valence-corrected chi connectivity index (χ2v) is 4.69. The number of rotatable bonds is 1. The van der Waals surface area contributed by atoms with Crippen LogP contribution in [0.2, 0.25) is 0 Å². The average Bonchev–Trinajstić information content (AvgIpc) is 2.83. The van der Waals surface area contributed by atoms with E-state index in [-0.39, 0.29) is 18.9 Å². The molecule has 1 fully saturated rings. The van der Waals surface area contributed by atoms with Crippen molar-refractivity contribution in [3.63, 3.8) is 0 Å². The zero-order valence-corrected chi connectivity index (χ0v) is 10.9. The molecule has 0 atom stereocenters. The van der Waals surface area contributed by atoms with Crippen LogP contribution in [0.15, 0.2) is 24.4 Å². The molecule has 3 rings (SSSR count). The summed E-state index contributed by atoms with van der Waals surface area (Å²) < 4.78 is 1.03. The molecule has 0 saturated carbocycles. The SMILES string of the molecule is Nc1cc(N2CCC(=O)NC2=O)cc2c1ccn2C(=O)O. The summed E-state index contributed by atoms with van der Waals surface area (Å²) in [6, 6.07) is 4.21. The number of nitrogen functional groups attached to an aromatic ring is 1. The molecular weight excluding hydrogens is 276 g/mol. The summed E-state index contributed by atoms with van der Waals surface area (Å²) in [4.78, 5) is 35.5. The largest absolute Gasteiger partial charge is 0.464 e. The summed E-state index contributed by atoms with van der Waals surface area (Å²) >= 11 is 0. The highest BCUT2D eigenvalue weighted by atomic mass is 16.4. The Morgan fingerprint density at radius 1 is 1.33 bits per heavy atom. The van der Waals surface area contributed by atoms with Crippen molar-refractivity contribution < 1.29 is 19.5 Å². The number of urea groups is 1. The summed E-state index contributed by atoms with van der Waals surface area (Å²) in [6.45, 7) is 0.226. The molecule has 0 spiro atoms. The predicted octanol–water partition coefficient (Wildman–Crippen LogP) is 1.20. The van der Waals surface area contributed by atoms with Crippen LogP contribution < -0.4 is 16.0 Å². The van der Waals surface area contributed by atoms with Gasteiger partial charge in [-0.2, -0.15) is 0 Å². The number of hydrogen-bond acceptors (Lipinski definition) is 4. The van der Waals surface area contributed by atoms with Crippen LogP contribution in [0, 0.1) is 0 Å². The van der Waals surface area contributed by atoms with E-state index in [0.717, 1.165) is 4.57 Å². The molecule has 8 heteroatoms. The molecule has 2 heterocycles. The van der Waals surface area contributed by atoms with Crippen molar-refractivity contribution in [1.82, 2.24) is 9.88 Å². The van der Waals surface area contributed by atoms with E-state index >= 15 is 0 Å². The summed E-state index contributed by atoms with van der Waals surface area (Å²) in [5, 5.41) is 11.9. The Morgan fingerprint density at radius 3 is 2.76 bits per heavy atom. The molecule has 4 N–H and O–H groups in total. The lowest BCUT2D eigenvalue weighted by Gasteiger charge is -2.27. The maximum absolute atomic E-state index is 11.8. The van der Waals surface area contributed by atoms with E-state index in [9.17, 15) is 14.4 Å². The molecular formula is C13H12N4O4. The number of fused-ring (bicyclic) bond motifs is 1. The molecule has 1 aromatic carbocycles. The number of imide groups is 1. The average molecular weight is 288 g/mol. The van der Waals surface area contributed by atoms with Gasteiger partial charge in [-0.25, -0.2) is 9.59 Å². The number of aromatic nitrogens is 1. The lowest BCUT2D eigenvalue weighted by atomic mass is 10.1. The lowest BCUT2D eigenvalue weighted by Crippen LogP contribution is -2.49. The van der Waals surface area contributed by atoms with Crippen LogP contribution >= 0.6 is 0 Å². The monoisotopic (exact) mass is 288 g/mol. The number of carbonyl (C=O) groups excluding carboxylic acids is 2. The highest BCUT2D eigenvalue weighted by Gasteiger charge is 2.25. The highest BCUT2D eigenvalue weighted by Crippen LogP contribution is 2.29. The van der Waals surface area contributed by atoms with Crippen LogP contribution in [-0.4, -0.2) is 34.2 Å². The smallest absolute Gasteiger partial charge is 0.416 e. The van der Waals surface area contributed by atoms with Crippen molar-refractivity contribution in [3.8, 4) is 0 Å². The number of nitrogens with zero attached hydrogens (tertiary/aromatic N) is 2. The maximum atomic E-state index is 11.8. The van der Waals surface area contributed by atoms with Crippen molar-refractivity contribution in [2.45, 2.75) is 6.42 Å². The van der Waals surface area contributed by atoms with Gasteiger partial charge >= 0.3 is 12.1 Å². The van der Waals surface area contributed by atoms with E-state index in [2.05, 4.69) is 5.32 Å². The maximum Gasteiger partial charge on any atom is 0.416 e. The summed E-state index contributed by atoms with van der Waals surface area (Å²) in [6.07, 6.45) is 0.441. The molecule has 0 bridgehead atoms. The van der Waals surface area contributed by atoms with Crippen molar-refractivity contribution in [2.24, 2.45) is 0 Å². The normalized spacial score (nSPS) is 15.3. The molecule has 1 aromatic heterocycles. The summed E-state index contributed by atoms with van der Waals surface area (Å²) in [5.41, 5.74) is 7.13. The molecule has 21 heavy (non-hydrogen) atoms. The number of anilines is 2. The Labute approximate surface area is 118 Å². The zero-order valence-electron chi connectivity index (χ0n) is 10.9. The number of benzene rings is 1. The molecule has 8 nitrogen and oxygen atoms in total. The third-order valence-corrected chi connectivity index (χ3v) is 3.40. The van der Waals surface area contributed by atoms with Crippen molar-refractivity contribution in [2.75, 3.05) is 17.2 Å². The van der Waals surface area contributed by atoms with Crippen molar-refractivity contribution in [3.05, 3.63) is 24.4 Å². The molecule has 2 aromatic rings. The van der Waals surface area contributed by atoms with E-state index in [0.29, 0.717) is 22.3 Å². The Kier molecular flexibility index (Phi) is 2.79. The first-order valence-corrected chi connectivity index (χ1v) is 6.22. The predicted molar refractivity (Wildman–Crippen MR) is 75.3 cm³/mol. The third kappa shape index (κ3) is 2.06. The molecule has 0 radical (unpaired) electrons. The van der Waals surface area contributed by atoms with E-state index < -0.39 is 12.1 Å². The quantitative estimate of drug-likeness (QED) is 0.681. The molecule has 108 valence electrons. The minimum atomic E-state index is -1.14. The van der Waals surface area contributed by atoms with Crippen LogP contribution in [-0.2, 0) is 4.79 Å². The number of carbonyl (C=O) groups is 3. The van der Waals surface area contributed by atoms with Crippen molar-refractivity contribution in [1.29, 1.82) is 0 Å². The minimum Gasteiger partial charge on any atom is -0.464 e. The Hall–Kier alpha value is -3.03. The highest BCUT2D eigenvalue weighted by molar-refractivity contribution is 6.07. The van der Waals surface area contributed by atoms with Crippen molar-refractivity contribution >= 4 is 40.3 Å². The van der Waals surface area contributed by atoms with Gasteiger partial charge in [-0.3, -0.25) is 19.6 Å². The van der Waals surface area contributed by atoms with Gasteiger partial charge in [-0.15, -0.1) is 0 Å².